The smallest absolute Gasteiger partial charge is 0.326 e. The van der Waals surface area contributed by atoms with Crippen molar-refractivity contribution < 1.29 is 43.0 Å². The number of rotatable bonds is 10. The molecular weight excluding hydrogens is 486 g/mol. The largest absolute Gasteiger partial charge is 0.462 e. The molecule has 2 aliphatic rings. The number of nitrogens with zero attached hydrogens (tertiary/aromatic N) is 2. The quantitative estimate of drug-likeness (QED) is 0.242. The molecule has 0 radical (unpaired) electrons. The predicted molar refractivity (Wildman–Crippen MR) is 130 cm³/mol. The summed E-state index contributed by atoms with van der Waals surface area (Å²) in [6.45, 7) is 12.2. The second kappa shape index (κ2) is 10.9. The Bertz CT molecular complexity index is 840. The molecule has 2 aliphatic heterocycles. The van der Waals surface area contributed by atoms with Crippen LogP contribution < -0.4 is 5.32 Å². The summed E-state index contributed by atoms with van der Waals surface area (Å²) in [5.74, 6) is -3.36. The summed E-state index contributed by atoms with van der Waals surface area (Å²) in [6.07, 6.45) is 0.388. The highest BCUT2D eigenvalue weighted by molar-refractivity contribution is 6.08. The minimum Gasteiger partial charge on any atom is -0.462 e. The van der Waals surface area contributed by atoms with Gasteiger partial charge in [-0.15, -0.1) is 0 Å². The maximum Gasteiger partial charge on any atom is 0.326 e. The summed E-state index contributed by atoms with van der Waals surface area (Å²) >= 11 is 0. The van der Waals surface area contributed by atoms with Crippen LogP contribution >= 0.6 is 0 Å². The Morgan fingerprint density at radius 3 is 1.38 bits per heavy atom. The minimum atomic E-state index is -1.01. The average molecular weight is 526 g/mol. The molecule has 0 atom stereocenters. The summed E-state index contributed by atoms with van der Waals surface area (Å²) in [5, 5.41) is 2.96. The molecule has 0 saturated carbocycles. The Morgan fingerprint density at radius 1 is 0.649 bits per heavy atom. The number of ether oxygens (including phenoxy) is 3. The number of piperazine rings is 1. The van der Waals surface area contributed by atoms with E-state index in [0.717, 1.165) is 9.80 Å². The van der Waals surface area contributed by atoms with Crippen molar-refractivity contribution >= 4 is 35.6 Å². The van der Waals surface area contributed by atoms with Gasteiger partial charge in [-0.25, -0.2) is 0 Å². The topological polar surface area (TPSA) is 149 Å². The van der Waals surface area contributed by atoms with Crippen LogP contribution in [0.1, 0.15) is 61.8 Å². The average Bonchev–Trinajstić information content (AvgIpc) is 2.75. The van der Waals surface area contributed by atoms with Crippen molar-refractivity contribution in [1.82, 2.24) is 15.1 Å². The number of hydrogen-bond acceptors (Lipinski definition) is 10. The van der Waals surface area contributed by atoms with E-state index in [4.69, 9.17) is 14.2 Å². The maximum absolute atomic E-state index is 12.6. The number of piperidine rings is 1. The van der Waals surface area contributed by atoms with Gasteiger partial charge in [0.2, 0.25) is 23.6 Å². The second-order valence-corrected chi connectivity index (χ2v) is 11.8. The third-order valence-corrected chi connectivity index (χ3v) is 6.27. The lowest BCUT2D eigenvalue weighted by Crippen LogP contribution is -2.72. The van der Waals surface area contributed by atoms with Gasteiger partial charge in [-0.2, -0.15) is 0 Å². The van der Waals surface area contributed by atoms with Crippen molar-refractivity contribution in [2.24, 2.45) is 10.8 Å². The van der Waals surface area contributed by atoms with E-state index in [0.29, 0.717) is 6.42 Å². The van der Waals surface area contributed by atoms with Crippen LogP contribution in [0, 0.1) is 10.8 Å². The monoisotopic (exact) mass is 525 g/mol. The standard InChI is InChI=1S/C25H39N3O9/c1-22(2)15-23(3,4)19(32)27(18(22)31)13-16(29)36-11-9-35-10-12-37-17(30)14-28-20(33)24(5,6)26-25(7,8)21(28)34/h26H,9-15H2,1-8H3. The van der Waals surface area contributed by atoms with Crippen LogP contribution in [0.4, 0.5) is 0 Å². The third kappa shape index (κ3) is 7.13. The molecule has 208 valence electrons. The lowest BCUT2D eigenvalue weighted by Gasteiger charge is -2.44. The molecular formula is C25H39N3O9. The zero-order chi connectivity index (χ0) is 28.4. The lowest BCUT2D eigenvalue weighted by atomic mass is 9.70. The molecule has 0 aromatic carbocycles. The summed E-state index contributed by atoms with van der Waals surface area (Å²) in [5.41, 5.74) is -3.56. The fraction of sp³-hybridized carbons (Fsp3) is 0.760. The van der Waals surface area contributed by atoms with Crippen molar-refractivity contribution in [2.45, 2.75) is 72.9 Å². The van der Waals surface area contributed by atoms with E-state index >= 15 is 0 Å². The zero-order valence-electron chi connectivity index (χ0n) is 23.0. The number of likely N-dealkylation sites (tertiary alicyclic amines) is 1. The van der Waals surface area contributed by atoms with Gasteiger partial charge in [0.15, 0.2) is 0 Å². The van der Waals surface area contributed by atoms with Gasteiger partial charge in [0, 0.05) is 10.8 Å². The number of amides is 4. The predicted octanol–water partition coefficient (Wildman–Crippen LogP) is 0.416. The van der Waals surface area contributed by atoms with Crippen LogP contribution in [0.25, 0.3) is 0 Å². The highest BCUT2D eigenvalue weighted by Crippen LogP contribution is 2.41. The molecule has 2 rings (SSSR count). The molecule has 0 aromatic rings. The molecule has 0 aromatic heterocycles. The van der Waals surface area contributed by atoms with E-state index in [1.54, 1.807) is 55.4 Å². The first-order valence-electron chi connectivity index (χ1n) is 12.2. The second-order valence-electron chi connectivity index (χ2n) is 11.8. The van der Waals surface area contributed by atoms with E-state index in [-0.39, 0.29) is 26.4 Å². The zero-order valence-corrected chi connectivity index (χ0v) is 23.0. The first kappa shape index (κ1) is 30.4. The Morgan fingerprint density at radius 2 is 1.00 bits per heavy atom. The molecule has 12 heteroatoms. The maximum atomic E-state index is 12.6. The first-order valence-corrected chi connectivity index (χ1v) is 12.2. The van der Waals surface area contributed by atoms with Crippen molar-refractivity contribution in [3.8, 4) is 0 Å². The van der Waals surface area contributed by atoms with Crippen molar-refractivity contribution in [3.63, 3.8) is 0 Å². The van der Waals surface area contributed by atoms with Crippen LogP contribution in [0.2, 0.25) is 0 Å². The minimum absolute atomic E-state index is 0.000680. The molecule has 0 bridgehead atoms. The van der Waals surface area contributed by atoms with Crippen LogP contribution in [0.5, 0.6) is 0 Å². The Labute approximate surface area is 217 Å². The van der Waals surface area contributed by atoms with Crippen molar-refractivity contribution in [1.29, 1.82) is 0 Å². The molecule has 12 nitrogen and oxygen atoms in total. The fourth-order valence-corrected chi connectivity index (χ4v) is 4.90. The van der Waals surface area contributed by atoms with Crippen LogP contribution in [0.15, 0.2) is 0 Å². The highest BCUT2D eigenvalue weighted by atomic mass is 16.6. The number of esters is 2. The highest BCUT2D eigenvalue weighted by Gasteiger charge is 2.51. The van der Waals surface area contributed by atoms with Gasteiger partial charge in [0.1, 0.15) is 26.3 Å². The summed E-state index contributed by atoms with van der Waals surface area (Å²) in [6, 6.07) is 0. The third-order valence-electron chi connectivity index (χ3n) is 6.27. The summed E-state index contributed by atoms with van der Waals surface area (Å²) in [4.78, 5) is 76.4. The number of carbonyl (C=O) groups excluding carboxylic acids is 6. The molecule has 2 heterocycles. The SMILES string of the molecule is CC1(C)CC(C)(C)C(=O)N(CC(=O)OCCOCCOC(=O)CN2C(=O)C(C)(C)NC(C)(C)C2=O)C1=O. The molecule has 1 N–H and O–H groups in total. The van der Waals surface area contributed by atoms with E-state index in [1.165, 1.54) is 0 Å². The molecule has 0 aliphatic carbocycles. The summed E-state index contributed by atoms with van der Waals surface area (Å²) < 4.78 is 15.4. The van der Waals surface area contributed by atoms with Gasteiger partial charge in [-0.3, -0.25) is 43.9 Å². The normalized spacial score (nSPS) is 22.2. The Balaban J connectivity index is 1.69. The van der Waals surface area contributed by atoms with Crippen LogP contribution in [-0.4, -0.2) is 96.0 Å². The van der Waals surface area contributed by atoms with Gasteiger partial charge in [0.05, 0.1) is 24.3 Å². The van der Waals surface area contributed by atoms with Crippen molar-refractivity contribution in [3.05, 3.63) is 0 Å². The Kier molecular flexibility index (Phi) is 8.91. The van der Waals surface area contributed by atoms with Gasteiger partial charge < -0.3 is 14.2 Å². The number of imide groups is 2. The molecule has 2 fully saturated rings. The van der Waals surface area contributed by atoms with Gasteiger partial charge in [0.25, 0.3) is 0 Å². The van der Waals surface area contributed by atoms with Crippen molar-refractivity contribution in [2.75, 3.05) is 39.5 Å². The number of carbonyl (C=O) groups is 6. The molecule has 2 saturated heterocycles. The summed E-state index contributed by atoms with van der Waals surface area (Å²) in [7, 11) is 0. The van der Waals surface area contributed by atoms with E-state index in [1.807, 2.05) is 0 Å². The molecule has 0 spiro atoms. The van der Waals surface area contributed by atoms with Gasteiger partial charge in [-0.1, -0.05) is 27.7 Å². The Hall–Kier alpha value is -2.86. The van der Waals surface area contributed by atoms with E-state index in [2.05, 4.69) is 5.32 Å². The molecule has 0 unspecified atom stereocenters. The lowest BCUT2D eigenvalue weighted by molar-refractivity contribution is -0.170. The van der Waals surface area contributed by atoms with E-state index < -0.39 is 70.6 Å². The van der Waals surface area contributed by atoms with Gasteiger partial charge >= 0.3 is 11.9 Å². The van der Waals surface area contributed by atoms with E-state index in [9.17, 15) is 28.8 Å². The first-order chi connectivity index (χ1) is 16.8. The van der Waals surface area contributed by atoms with Crippen LogP contribution in [0.3, 0.4) is 0 Å². The number of hydrogen-bond donors (Lipinski definition) is 1. The van der Waals surface area contributed by atoms with Crippen LogP contribution in [-0.2, 0) is 43.0 Å². The molecule has 4 amide bonds. The number of nitrogens with one attached hydrogen (secondary N) is 1. The molecule has 37 heavy (non-hydrogen) atoms. The fourth-order valence-electron chi connectivity index (χ4n) is 4.90. The van der Waals surface area contributed by atoms with Gasteiger partial charge in [-0.05, 0) is 34.1 Å².